The molecule has 0 bridgehead atoms. The van der Waals surface area contributed by atoms with Gasteiger partial charge >= 0.3 is 21.6 Å². The van der Waals surface area contributed by atoms with Crippen LogP contribution in [0.5, 0.6) is 0 Å². The van der Waals surface area contributed by atoms with Crippen molar-refractivity contribution in [2.45, 2.75) is 49.7 Å². The number of esters is 1. The normalized spacial score (nSPS) is 29.5. The van der Waals surface area contributed by atoms with Crippen molar-refractivity contribution in [3.05, 3.63) is 35.9 Å². The van der Waals surface area contributed by atoms with E-state index in [0.29, 0.717) is 0 Å². The fourth-order valence-electron chi connectivity index (χ4n) is 2.81. The van der Waals surface area contributed by atoms with Crippen molar-refractivity contribution >= 4 is 16.1 Å². The lowest BCUT2D eigenvalue weighted by Gasteiger charge is -2.25. The summed E-state index contributed by atoms with van der Waals surface area (Å²) >= 11 is 0. The van der Waals surface area contributed by atoms with Crippen LogP contribution in [0, 0.1) is 0 Å². The molecule has 0 radical (unpaired) electrons. The van der Waals surface area contributed by atoms with Crippen molar-refractivity contribution in [1.82, 2.24) is 0 Å². The van der Waals surface area contributed by atoms with Crippen molar-refractivity contribution < 1.29 is 49.5 Å². The van der Waals surface area contributed by atoms with Crippen LogP contribution in [0.2, 0.25) is 0 Å². The zero-order valence-corrected chi connectivity index (χ0v) is 15.5. The van der Waals surface area contributed by atoms with E-state index in [1.807, 2.05) is 0 Å². The molecule has 12 heteroatoms. The van der Waals surface area contributed by atoms with E-state index >= 15 is 0 Å². The third kappa shape index (κ3) is 4.30. The summed E-state index contributed by atoms with van der Waals surface area (Å²) in [5, 5.41) is 0. The summed E-state index contributed by atoms with van der Waals surface area (Å²) in [6.07, 6.45) is -5.51. The number of ether oxygens (including phenoxy) is 4. The fourth-order valence-corrected chi connectivity index (χ4v) is 3.45. The van der Waals surface area contributed by atoms with Crippen molar-refractivity contribution in [3.8, 4) is 0 Å². The maximum Gasteiger partial charge on any atom is 0.523 e. The van der Waals surface area contributed by atoms with Crippen LogP contribution in [-0.2, 0) is 33.2 Å². The Morgan fingerprint density at radius 2 is 1.82 bits per heavy atom. The number of hydrogen-bond acceptors (Lipinski definition) is 8. The van der Waals surface area contributed by atoms with Crippen molar-refractivity contribution in [3.63, 3.8) is 0 Å². The number of fused-ring (bicyclic) bond motifs is 1. The average molecular weight is 426 g/mol. The first kappa shape index (κ1) is 21.0. The minimum atomic E-state index is -5.94. The summed E-state index contributed by atoms with van der Waals surface area (Å²) in [5.41, 5.74) is -5.43. The molecule has 2 heterocycles. The maximum absolute atomic E-state index is 12.7. The molecule has 2 saturated heterocycles. The number of alkyl halides is 3. The summed E-state index contributed by atoms with van der Waals surface area (Å²) in [7, 11) is -5.94. The number of hydrogen-bond donors (Lipinski definition) is 0. The Morgan fingerprint density at radius 1 is 1.18 bits per heavy atom. The molecule has 1 aromatic carbocycles. The van der Waals surface area contributed by atoms with Gasteiger partial charge in [0.15, 0.2) is 12.1 Å². The van der Waals surface area contributed by atoms with Crippen LogP contribution in [0.1, 0.15) is 24.2 Å². The van der Waals surface area contributed by atoms with E-state index in [-0.39, 0.29) is 5.56 Å². The zero-order valence-electron chi connectivity index (χ0n) is 14.7. The van der Waals surface area contributed by atoms with E-state index in [1.165, 1.54) is 26.0 Å². The summed E-state index contributed by atoms with van der Waals surface area (Å²) < 4.78 is 86.7. The van der Waals surface area contributed by atoms with Gasteiger partial charge in [-0.15, -0.1) is 0 Å². The van der Waals surface area contributed by atoms with Crippen LogP contribution in [0.15, 0.2) is 30.3 Å². The van der Waals surface area contributed by atoms with E-state index in [0.717, 1.165) is 0 Å². The second-order valence-electron chi connectivity index (χ2n) is 6.57. The van der Waals surface area contributed by atoms with Gasteiger partial charge in [0.1, 0.15) is 24.9 Å². The summed E-state index contributed by atoms with van der Waals surface area (Å²) in [5.74, 6) is -1.98. The molecule has 0 spiro atoms. The first-order chi connectivity index (χ1) is 12.9. The van der Waals surface area contributed by atoms with Crippen molar-refractivity contribution in [2.24, 2.45) is 0 Å². The van der Waals surface area contributed by atoms with Gasteiger partial charge in [-0.1, -0.05) is 18.2 Å². The minimum absolute atomic E-state index is 0.203. The van der Waals surface area contributed by atoms with Crippen LogP contribution < -0.4 is 0 Å². The molecule has 0 aromatic heterocycles. The Morgan fingerprint density at radius 3 is 2.43 bits per heavy atom. The molecule has 0 N–H and O–H groups in total. The van der Waals surface area contributed by atoms with Gasteiger partial charge in [-0.25, -0.2) is 4.79 Å². The molecule has 156 valence electrons. The summed E-state index contributed by atoms with van der Waals surface area (Å²) in [6, 6.07) is 7.82. The SMILES string of the molecule is CC1(C)O[C@H]2O[C@H](COC(=O)c3ccccc3)[C@H](OS(=O)(=O)C(F)(F)F)[C@H]2O1. The lowest BCUT2D eigenvalue weighted by molar-refractivity contribution is -0.217. The molecular weight excluding hydrogens is 409 g/mol. The van der Waals surface area contributed by atoms with Gasteiger partial charge in [-0.2, -0.15) is 21.6 Å². The highest BCUT2D eigenvalue weighted by atomic mass is 32.2. The second kappa shape index (κ2) is 7.26. The molecule has 2 fully saturated rings. The van der Waals surface area contributed by atoms with Crippen LogP contribution in [-0.4, -0.2) is 56.9 Å². The van der Waals surface area contributed by atoms with Crippen molar-refractivity contribution in [1.29, 1.82) is 0 Å². The number of halogens is 3. The van der Waals surface area contributed by atoms with E-state index in [9.17, 15) is 26.4 Å². The summed E-state index contributed by atoms with van der Waals surface area (Å²) in [4.78, 5) is 12.0. The lowest BCUT2D eigenvalue weighted by atomic mass is 10.1. The Balaban J connectivity index is 1.75. The molecule has 0 saturated carbocycles. The molecular formula is C16H17F3O8S. The smallest absolute Gasteiger partial charge is 0.459 e. The predicted molar refractivity (Wildman–Crippen MR) is 85.3 cm³/mol. The van der Waals surface area contributed by atoms with Gasteiger partial charge in [-0.3, -0.25) is 4.18 Å². The molecule has 0 unspecified atom stereocenters. The predicted octanol–water partition coefficient (Wildman–Crippen LogP) is 1.95. The number of benzene rings is 1. The van der Waals surface area contributed by atoms with Crippen LogP contribution in [0.4, 0.5) is 13.2 Å². The van der Waals surface area contributed by atoms with E-state index in [1.54, 1.807) is 18.2 Å². The standard InChI is InChI=1S/C16H17F3O8S/c1-15(2)25-12-11(27-28(21,22)16(17,18)19)10(24-14(12)26-15)8-23-13(20)9-6-4-3-5-7-9/h3-7,10-12,14H,8H2,1-2H3/t10-,11+,12-,14-/m1/s1. The molecule has 4 atom stereocenters. The van der Waals surface area contributed by atoms with E-state index < -0.39 is 58.6 Å². The van der Waals surface area contributed by atoms with Crippen molar-refractivity contribution in [2.75, 3.05) is 6.61 Å². The third-order valence-corrected chi connectivity index (χ3v) is 5.04. The molecule has 28 heavy (non-hydrogen) atoms. The quantitative estimate of drug-likeness (QED) is 0.401. The van der Waals surface area contributed by atoms with E-state index in [2.05, 4.69) is 4.18 Å². The monoisotopic (exact) mass is 426 g/mol. The molecule has 2 aliphatic rings. The molecule has 8 nitrogen and oxygen atoms in total. The highest BCUT2D eigenvalue weighted by Gasteiger charge is 2.59. The molecule has 1 aromatic rings. The number of carbonyl (C=O) groups excluding carboxylic acids is 1. The van der Waals surface area contributed by atoms with Gasteiger partial charge in [-0.05, 0) is 26.0 Å². The molecule has 3 rings (SSSR count). The molecule has 2 aliphatic heterocycles. The Bertz CT molecular complexity index is 824. The molecule has 0 amide bonds. The third-order valence-electron chi connectivity index (χ3n) is 4.00. The van der Waals surface area contributed by atoms with Gasteiger partial charge in [0, 0.05) is 0 Å². The second-order valence-corrected chi connectivity index (χ2v) is 8.13. The number of carbonyl (C=O) groups is 1. The Hall–Kier alpha value is -1.73. The van der Waals surface area contributed by atoms with Crippen LogP contribution in [0.25, 0.3) is 0 Å². The zero-order chi connectivity index (χ0) is 20.7. The maximum atomic E-state index is 12.7. The van der Waals surface area contributed by atoms with Gasteiger partial charge in [0.2, 0.25) is 0 Å². The Labute approximate surface area is 158 Å². The minimum Gasteiger partial charge on any atom is -0.459 e. The van der Waals surface area contributed by atoms with Crippen LogP contribution >= 0.6 is 0 Å². The van der Waals surface area contributed by atoms with Gasteiger partial charge in [0.05, 0.1) is 5.56 Å². The number of rotatable bonds is 5. The van der Waals surface area contributed by atoms with Gasteiger partial charge in [0.25, 0.3) is 0 Å². The van der Waals surface area contributed by atoms with E-state index in [4.69, 9.17) is 18.9 Å². The molecule has 0 aliphatic carbocycles. The average Bonchev–Trinajstić information content (AvgIpc) is 3.05. The lowest BCUT2D eigenvalue weighted by Crippen LogP contribution is -2.43. The van der Waals surface area contributed by atoms with Gasteiger partial charge < -0.3 is 18.9 Å². The summed E-state index contributed by atoms with van der Waals surface area (Å²) in [6.45, 7) is 2.40. The fraction of sp³-hybridized carbons (Fsp3) is 0.562. The first-order valence-electron chi connectivity index (χ1n) is 8.12. The first-order valence-corrected chi connectivity index (χ1v) is 9.53. The Kier molecular flexibility index (Phi) is 5.44. The topological polar surface area (TPSA) is 97.4 Å². The largest absolute Gasteiger partial charge is 0.523 e. The highest BCUT2D eigenvalue weighted by molar-refractivity contribution is 7.87. The highest BCUT2D eigenvalue weighted by Crippen LogP contribution is 2.40. The van der Waals surface area contributed by atoms with Crippen LogP contribution in [0.3, 0.4) is 0 Å².